The molecule has 14 nitrogen and oxygen atoms in total. The Bertz CT molecular complexity index is 149. The Morgan fingerprint density at radius 2 is 0.375 bits per heavy atom. The average Bonchev–Trinajstić information content (AvgIpc) is 2.35. The van der Waals surface area contributed by atoms with E-state index in [4.69, 9.17) is 55.4 Å². The van der Waals surface area contributed by atoms with Gasteiger partial charge in [0, 0.05) is 0 Å². The Morgan fingerprint density at radius 3 is 0.375 bits per heavy atom. The molecule has 24 heteroatoms. The van der Waals surface area contributed by atoms with Crippen molar-refractivity contribution in [2.45, 2.75) is 0 Å². The molecule has 0 saturated carbocycles. The Morgan fingerprint density at radius 1 is 0.375 bits per heavy atom. The molecular formula is H7AlBGe7NaO14. The van der Waals surface area contributed by atoms with Crippen LogP contribution in [0.5, 0.6) is 0 Å². The molecule has 0 saturated heterocycles. The number of hydrogen-bond acceptors (Lipinski definition) is 14. The van der Waals surface area contributed by atoms with Gasteiger partial charge in [0.05, 0.1) is 0 Å². The third-order valence-electron chi connectivity index (χ3n) is 0. The van der Waals surface area contributed by atoms with Crippen molar-refractivity contribution in [3.63, 3.8) is 0 Å². The number of rotatable bonds is 0. The second-order valence-corrected chi connectivity index (χ2v) is 3.50. The van der Waals surface area contributed by atoms with Gasteiger partial charge in [0.25, 0.3) is 0 Å². The van der Waals surface area contributed by atoms with Crippen LogP contribution in [0.2, 0.25) is 0 Å². The standard InChI is InChI=1S/Al.B.7GeHO2.Na/c;;7*2-1-3;/h;;7*1H;/q2*+3;7*-1;+1. The van der Waals surface area contributed by atoms with Gasteiger partial charge in [0.15, 0.2) is 0 Å². The van der Waals surface area contributed by atoms with Gasteiger partial charge in [-0.1, -0.05) is 0 Å². The fourth-order valence-electron chi connectivity index (χ4n) is 0. The predicted octanol–water partition coefficient (Wildman–Crippen LogP) is -17.5. The van der Waals surface area contributed by atoms with Crippen molar-refractivity contribution in [1.29, 1.82) is 0 Å². The SMILES string of the molecule is [Al+3].[B+3].[Na+].[O]=[GeH][O-].[O]=[GeH][O-].[O]=[GeH][O-].[O]=[GeH][O-].[O]=[GeH][O-].[O]=[GeH][O-].[O]=[GeH][O-]. The van der Waals surface area contributed by atoms with Crippen LogP contribution in [0.4, 0.5) is 0 Å². The molecule has 0 aromatic rings. The molecule has 0 spiro atoms. The van der Waals surface area contributed by atoms with E-state index in [0.717, 1.165) is 0 Å². The summed E-state index contributed by atoms with van der Waals surface area (Å²) in [6.07, 6.45) is 0. The van der Waals surface area contributed by atoms with Crippen molar-refractivity contribution >= 4 is 136 Å². The van der Waals surface area contributed by atoms with Crippen molar-refractivity contribution in [3.05, 3.63) is 0 Å². The van der Waals surface area contributed by atoms with E-state index in [2.05, 4.69) is 0 Å². The van der Waals surface area contributed by atoms with Gasteiger partial charge in [-0.3, -0.25) is 0 Å². The fourth-order valence-corrected chi connectivity index (χ4v) is 0. The summed E-state index contributed by atoms with van der Waals surface area (Å²) in [7, 11) is 0. The van der Waals surface area contributed by atoms with Gasteiger partial charge in [0.2, 0.25) is 0 Å². The van der Waals surface area contributed by atoms with E-state index in [-0.39, 0.29) is 55.3 Å². The Hall–Kier alpha value is 2.60. The first-order valence-corrected chi connectivity index (χ1v) is 17.1. The summed E-state index contributed by atoms with van der Waals surface area (Å²) in [6, 6.07) is 0. The van der Waals surface area contributed by atoms with Gasteiger partial charge >= 0.3 is 221 Å². The third kappa shape index (κ3) is 2030. The Labute approximate surface area is 217 Å². The zero-order valence-corrected chi connectivity index (χ0v) is 32.0. The molecule has 0 bridgehead atoms. The molecule has 0 fully saturated rings. The van der Waals surface area contributed by atoms with Crippen LogP contribution in [-0.2, 0) is 26.4 Å². The molecule has 24 heavy (non-hydrogen) atoms. The summed E-state index contributed by atoms with van der Waals surface area (Å²) in [5.41, 5.74) is 0. The van der Waals surface area contributed by atoms with E-state index in [1.54, 1.807) is 0 Å². The molecule has 0 radical (unpaired) electrons. The van der Waals surface area contributed by atoms with Gasteiger partial charge in [-0.2, -0.15) is 0 Å². The zero-order valence-electron chi connectivity index (χ0n) is 11.9. The van der Waals surface area contributed by atoms with Crippen molar-refractivity contribution in [2.24, 2.45) is 0 Å². The van der Waals surface area contributed by atoms with Crippen molar-refractivity contribution in [2.75, 3.05) is 0 Å². The molecule has 0 aliphatic heterocycles. The first-order valence-electron chi connectivity index (χ1n) is 3.30. The van der Waals surface area contributed by atoms with Crippen molar-refractivity contribution in [1.82, 2.24) is 0 Å². The molecule has 0 amide bonds. The second kappa shape index (κ2) is 168. The molecule has 0 heterocycles. The Kier molecular flexibility index (Phi) is 443. The molecule has 0 aromatic heterocycles. The van der Waals surface area contributed by atoms with Crippen LogP contribution in [0.15, 0.2) is 0 Å². The van der Waals surface area contributed by atoms with Crippen molar-refractivity contribution < 1.29 is 84.9 Å². The van der Waals surface area contributed by atoms with Gasteiger partial charge in [-0.25, -0.2) is 0 Å². The van der Waals surface area contributed by atoms with Crippen LogP contribution >= 0.6 is 0 Å². The molecule has 0 aromatic carbocycles. The van der Waals surface area contributed by atoms with E-state index in [1.807, 2.05) is 0 Å². The topological polar surface area (TPSA) is 281 Å². The predicted molar refractivity (Wildman–Crippen MR) is 66.4 cm³/mol. The van der Waals surface area contributed by atoms with Gasteiger partial charge < -0.3 is 0 Å². The van der Waals surface area contributed by atoms with Gasteiger partial charge in [-0.15, -0.1) is 0 Å². The van der Waals surface area contributed by atoms with E-state index in [9.17, 15) is 0 Å². The summed E-state index contributed by atoms with van der Waals surface area (Å²) in [5, 5.41) is 0. The summed E-state index contributed by atoms with van der Waals surface area (Å²) in [5.74, 6) is 0. The summed E-state index contributed by atoms with van der Waals surface area (Å²) in [6.45, 7) is 0. The van der Waals surface area contributed by atoms with Crippen LogP contribution in [0.3, 0.4) is 0 Å². The molecule has 0 N–H and O–H groups in total. The van der Waals surface area contributed by atoms with E-state index >= 15 is 0 Å². The maximum absolute atomic E-state index is 8.53. The first kappa shape index (κ1) is 63.3. The minimum absolute atomic E-state index is 0. The van der Waals surface area contributed by atoms with E-state index in [1.165, 1.54) is 0 Å². The Balaban J connectivity index is -0.0000000117. The normalized spacial score (nSPS) is 3.50. The van der Waals surface area contributed by atoms with E-state index in [0.29, 0.717) is 0 Å². The zero-order chi connectivity index (χ0) is 18.9. The second-order valence-electron chi connectivity index (χ2n) is 0.674. The summed E-state index contributed by atoms with van der Waals surface area (Å²) >= 11 is -15.3. The summed E-state index contributed by atoms with van der Waals surface area (Å²) < 4.78 is 119. The van der Waals surface area contributed by atoms with E-state index < -0.39 is 110 Å². The van der Waals surface area contributed by atoms with Crippen LogP contribution in [0.1, 0.15) is 0 Å². The van der Waals surface area contributed by atoms with Crippen LogP contribution in [0.25, 0.3) is 0 Å². The maximum atomic E-state index is 8.53. The fraction of sp³-hybridized carbons (Fsp3) is 0. The quantitative estimate of drug-likeness (QED) is 0.206. The van der Waals surface area contributed by atoms with Crippen LogP contribution < -0.4 is 58.5 Å². The number of hydrogen-bond donors (Lipinski definition) is 0. The molecule has 0 unspecified atom stereocenters. The molecule has 0 atom stereocenters. The van der Waals surface area contributed by atoms with Crippen LogP contribution in [0, 0.1) is 0 Å². The van der Waals surface area contributed by atoms with Gasteiger partial charge in [0.1, 0.15) is 0 Å². The average molecular weight is 800 g/mol. The summed E-state index contributed by atoms with van der Waals surface area (Å²) in [4.78, 5) is 0. The molecule has 126 valence electrons. The third-order valence-corrected chi connectivity index (χ3v) is 0. The molecular weight excluding hydrogens is 793 g/mol. The minimum atomic E-state index is -2.19. The monoisotopic (exact) mass is 809 g/mol. The molecule has 0 aliphatic carbocycles. The van der Waals surface area contributed by atoms with Crippen LogP contribution in [-0.4, -0.2) is 136 Å². The van der Waals surface area contributed by atoms with Crippen molar-refractivity contribution in [3.8, 4) is 0 Å². The molecule has 0 aliphatic rings. The first-order chi connectivity index (χ1) is 9.90. The molecule has 0 rings (SSSR count). The van der Waals surface area contributed by atoms with Gasteiger partial charge in [-0.05, 0) is 0 Å².